The first-order valence-electron chi connectivity index (χ1n) is 6.24. The Bertz CT molecular complexity index is 470. The molecule has 19 heavy (non-hydrogen) atoms. The number of aryl methyl sites for hydroxylation is 1. The summed E-state index contributed by atoms with van der Waals surface area (Å²) in [5.41, 5.74) is 1.05. The van der Waals surface area contributed by atoms with Crippen LogP contribution in [0.25, 0.3) is 0 Å². The van der Waals surface area contributed by atoms with E-state index in [0.29, 0.717) is 12.5 Å². The van der Waals surface area contributed by atoms with Crippen LogP contribution in [-0.4, -0.2) is 30.0 Å². The molecule has 5 nitrogen and oxygen atoms in total. The fraction of sp³-hybridized carbons (Fsp3) is 0.429. The molecule has 0 heterocycles. The number of aromatic hydroxyl groups is 1. The van der Waals surface area contributed by atoms with E-state index in [2.05, 4.69) is 10.6 Å². The summed E-state index contributed by atoms with van der Waals surface area (Å²) in [4.78, 5) is 23.3. The molecule has 0 aliphatic carbocycles. The van der Waals surface area contributed by atoms with E-state index in [1.165, 1.54) is 6.07 Å². The molecule has 2 amide bonds. The van der Waals surface area contributed by atoms with Crippen LogP contribution in [0.5, 0.6) is 5.75 Å². The first kappa shape index (κ1) is 15.0. The van der Waals surface area contributed by atoms with E-state index in [9.17, 15) is 14.7 Å². The second-order valence-electron chi connectivity index (χ2n) is 4.90. The second kappa shape index (κ2) is 6.78. The Morgan fingerprint density at radius 1 is 1.26 bits per heavy atom. The average Bonchev–Trinajstić information content (AvgIpc) is 2.36. The van der Waals surface area contributed by atoms with Crippen molar-refractivity contribution in [3.8, 4) is 5.75 Å². The van der Waals surface area contributed by atoms with Crippen LogP contribution in [0.15, 0.2) is 18.2 Å². The van der Waals surface area contributed by atoms with Gasteiger partial charge in [-0.25, -0.2) is 0 Å². The van der Waals surface area contributed by atoms with Crippen LogP contribution in [0, 0.1) is 12.8 Å². The lowest BCUT2D eigenvalue weighted by Crippen LogP contribution is -2.38. The van der Waals surface area contributed by atoms with Gasteiger partial charge in [0.15, 0.2) is 0 Å². The number of carbonyl (C=O) groups is 2. The number of amides is 2. The van der Waals surface area contributed by atoms with Gasteiger partial charge >= 0.3 is 0 Å². The highest BCUT2D eigenvalue weighted by Gasteiger charge is 2.12. The molecule has 1 aromatic rings. The first-order valence-corrected chi connectivity index (χ1v) is 6.24. The summed E-state index contributed by atoms with van der Waals surface area (Å²) in [7, 11) is 0. The summed E-state index contributed by atoms with van der Waals surface area (Å²) in [5.74, 6) is -0.429. The minimum absolute atomic E-state index is 0.0920. The number of carbonyl (C=O) groups excluding carboxylic acids is 2. The van der Waals surface area contributed by atoms with Crippen LogP contribution in [0.1, 0.15) is 29.8 Å². The van der Waals surface area contributed by atoms with Gasteiger partial charge in [0.05, 0.1) is 12.1 Å². The molecule has 0 radical (unpaired) electrons. The van der Waals surface area contributed by atoms with E-state index >= 15 is 0 Å². The molecule has 0 spiro atoms. The fourth-order valence-electron chi connectivity index (χ4n) is 1.47. The topological polar surface area (TPSA) is 78.4 Å². The van der Waals surface area contributed by atoms with Gasteiger partial charge in [-0.3, -0.25) is 9.59 Å². The Morgan fingerprint density at radius 2 is 1.95 bits per heavy atom. The van der Waals surface area contributed by atoms with Crippen LogP contribution in [-0.2, 0) is 4.79 Å². The molecule has 0 aromatic heterocycles. The van der Waals surface area contributed by atoms with Crippen LogP contribution < -0.4 is 10.6 Å². The average molecular weight is 264 g/mol. The number of phenols is 1. The van der Waals surface area contributed by atoms with E-state index in [1.807, 2.05) is 20.8 Å². The Morgan fingerprint density at radius 3 is 2.58 bits per heavy atom. The molecule has 104 valence electrons. The smallest absolute Gasteiger partial charge is 0.255 e. The molecule has 0 aliphatic rings. The van der Waals surface area contributed by atoms with Crippen molar-refractivity contribution in [2.45, 2.75) is 20.8 Å². The van der Waals surface area contributed by atoms with Gasteiger partial charge in [0.1, 0.15) is 5.75 Å². The van der Waals surface area contributed by atoms with Gasteiger partial charge in [0.25, 0.3) is 5.91 Å². The number of nitrogens with one attached hydrogen (secondary N) is 2. The van der Waals surface area contributed by atoms with E-state index < -0.39 is 5.91 Å². The summed E-state index contributed by atoms with van der Waals surface area (Å²) < 4.78 is 0. The third-order valence-electron chi connectivity index (χ3n) is 2.51. The minimum atomic E-state index is -0.458. The fourth-order valence-corrected chi connectivity index (χ4v) is 1.47. The number of phenolic OH excluding ortho intramolecular Hbond substituents is 1. The summed E-state index contributed by atoms with van der Waals surface area (Å²) >= 11 is 0. The summed E-state index contributed by atoms with van der Waals surface area (Å²) in [5, 5.41) is 14.8. The van der Waals surface area contributed by atoms with Crippen molar-refractivity contribution in [3.63, 3.8) is 0 Å². The molecule has 5 heteroatoms. The molecule has 3 N–H and O–H groups in total. The van der Waals surface area contributed by atoms with Crippen molar-refractivity contribution in [2.24, 2.45) is 5.92 Å². The van der Waals surface area contributed by atoms with E-state index in [0.717, 1.165) is 5.56 Å². The van der Waals surface area contributed by atoms with Crippen molar-refractivity contribution in [2.75, 3.05) is 13.1 Å². The molecule has 0 bridgehead atoms. The molecule has 0 aliphatic heterocycles. The molecule has 0 fully saturated rings. The van der Waals surface area contributed by atoms with Gasteiger partial charge < -0.3 is 15.7 Å². The quantitative estimate of drug-likeness (QED) is 0.747. The van der Waals surface area contributed by atoms with Gasteiger partial charge in [-0.1, -0.05) is 25.5 Å². The molecular formula is C14H20N2O3. The van der Waals surface area contributed by atoms with E-state index in [1.54, 1.807) is 12.1 Å². The molecule has 0 saturated heterocycles. The van der Waals surface area contributed by atoms with Crippen molar-refractivity contribution >= 4 is 11.8 Å². The molecule has 1 rings (SSSR count). The zero-order valence-electron chi connectivity index (χ0n) is 11.5. The predicted molar refractivity (Wildman–Crippen MR) is 73.0 cm³/mol. The molecule has 1 aromatic carbocycles. The van der Waals surface area contributed by atoms with Crippen molar-refractivity contribution in [1.29, 1.82) is 0 Å². The van der Waals surface area contributed by atoms with Crippen LogP contribution in [0.2, 0.25) is 0 Å². The van der Waals surface area contributed by atoms with Crippen molar-refractivity contribution in [3.05, 3.63) is 29.3 Å². The highest BCUT2D eigenvalue weighted by atomic mass is 16.3. The predicted octanol–water partition coefficient (Wildman–Crippen LogP) is 1.20. The third kappa shape index (κ3) is 4.99. The highest BCUT2D eigenvalue weighted by Crippen LogP contribution is 2.17. The lowest BCUT2D eigenvalue weighted by Gasteiger charge is -2.09. The number of hydrogen-bond donors (Lipinski definition) is 3. The molecule has 0 unspecified atom stereocenters. The number of benzene rings is 1. The van der Waals surface area contributed by atoms with Crippen LogP contribution >= 0.6 is 0 Å². The summed E-state index contributed by atoms with van der Waals surface area (Å²) in [6, 6.07) is 4.75. The van der Waals surface area contributed by atoms with E-state index in [4.69, 9.17) is 0 Å². The normalized spacial score (nSPS) is 10.3. The summed E-state index contributed by atoms with van der Waals surface area (Å²) in [6.45, 7) is 6.28. The van der Waals surface area contributed by atoms with Gasteiger partial charge in [0.2, 0.25) is 5.91 Å². The van der Waals surface area contributed by atoms with Gasteiger partial charge in [-0.05, 0) is 25.0 Å². The summed E-state index contributed by atoms with van der Waals surface area (Å²) in [6.07, 6.45) is 0. The maximum Gasteiger partial charge on any atom is 0.255 e. The Balaban J connectivity index is 2.51. The SMILES string of the molecule is Cc1ccc(O)c(C(=O)NCC(=O)NCC(C)C)c1. The van der Waals surface area contributed by atoms with Crippen molar-refractivity contribution in [1.82, 2.24) is 10.6 Å². The molecular weight excluding hydrogens is 244 g/mol. The van der Waals surface area contributed by atoms with Crippen LogP contribution in [0.4, 0.5) is 0 Å². The van der Waals surface area contributed by atoms with E-state index in [-0.39, 0.29) is 23.8 Å². The largest absolute Gasteiger partial charge is 0.507 e. The maximum atomic E-state index is 11.8. The number of hydrogen-bond acceptors (Lipinski definition) is 3. The molecule has 0 saturated carbocycles. The Hall–Kier alpha value is -2.04. The Kier molecular flexibility index (Phi) is 5.36. The van der Waals surface area contributed by atoms with Crippen LogP contribution in [0.3, 0.4) is 0 Å². The third-order valence-corrected chi connectivity index (χ3v) is 2.51. The monoisotopic (exact) mass is 264 g/mol. The number of rotatable bonds is 5. The maximum absolute atomic E-state index is 11.8. The Labute approximate surface area is 113 Å². The minimum Gasteiger partial charge on any atom is -0.507 e. The highest BCUT2D eigenvalue weighted by molar-refractivity contribution is 5.98. The zero-order valence-corrected chi connectivity index (χ0v) is 11.5. The van der Waals surface area contributed by atoms with Gasteiger partial charge in [-0.15, -0.1) is 0 Å². The second-order valence-corrected chi connectivity index (χ2v) is 4.90. The zero-order chi connectivity index (χ0) is 14.4. The lowest BCUT2D eigenvalue weighted by molar-refractivity contribution is -0.120. The lowest BCUT2D eigenvalue weighted by atomic mass is 10.1. The first-order chi connectivity index (χ1) is 8.90. The van der Waals surface area contributed by atoms with Gasteiger partial charge in [-0.2, -0.15) is 0 Å². The molecule has 0 atom stereocenters. The van der Waals surface area contributed by atoms with Gasteiger partial charge in [0, 0.05) is 6.54 Å². The standard InChI is InChI=1S/C14H20N2O3/c1-9(2)7-15-13(18)8-16-14(19)11-6-10(3)4-5-12(11)17/h4-6,9,17H,7-8H2,1-3H3,(H,15,18)(H,16,19). The van der Waals surface area contributed by atoms with Crippen molar-refractivity contribution < 1.29 is 14.7 Å².